The largest absolute Gasteiger partial charge is 0.443 e. The molecule has 0 aliphatic carbocycles. The smallest absolute Gasteiger partial charge is 0.263 e. The van der Waals surface area contributed by atoms with E-state index in [2.05, 4.69) is 15.6 Å². The number of benzene rings is 1. The predicted molar refractivity (Wildman–Crippen MR) is 111 cm³/mol. The molecule has 4 rings (SSSR count). The first kappa shape index (κ1) is 18.7. The van der Waals surface area contributed by atoms with Crippen molar-refractivity contribution in [1.29, 1.82) is 0 Å². The molecule has 0 aliphatic heterocycles. The van der Waals surface area contributed by atoms with Crippen molar-refractivity contribution in [3.63, 3.8) is 0 Å². The molecule has 0 radical (unpaired) electrons. The molecule has 0 bridgehead atoms. The lowest BCUT2D eigenvalue weighted by molar-refractivity contribution is -0.120. The fourth-order valence-corrected chi connectivity index (χ4v) is 4.64. The van der Waals surface area contributed by atoms with Gasteiger partial charge in [-0.15, -0.1) is 22.7 Å². The molecule has 9 heteroatoms. The van der Waals surface area contributed by atoms with Crippen LogP contribution in [0.5, 0.6) is 0 Å². The van der Waals surface area contributed by atoms with Gasteiger partial charge in [0.2, 0.25) is 11.8 Å². The Morgan fingerprint density at radius 1 is 1.14 bits per heavy atom. The number of halogens is 1. The van der Waals surface area contributed by atoms with Crippen molar-refractivity contribution in [2.75, 3.05) is 6.54 Å². The summed E-state index contributed by atoms with van der Waals surface area (Å²) < 4.78 is 6.33. The highest BCUT2D eigenvalue weighted by Gasteiger charge is 2.17. The molecule has 0 saturated carbocycles. The Labute approximate surface area is 173 Å². The van der Waals surface area contributed by atoms with Crippen molar-refractivity contribution in [2.45, 2.75) is 6.54 Å². The van der Waals surface area contributed by atoms with Gasteiger partial charge >= 0.3 is 0 Å². The lowest BCUT2D eigenvalue weighted by atomic mass is 10.2. The fraction of sp³-hybridized carbons (Fsp3) is 0.105. The molecule has 0 fully saturated rings. The number of nitrogens with one attached hydrogen (secondary N) is 2. The van der Waals surface area contributed by atoms with Gasteiger partial charge in [0.15, 0.2) is 0 Å². The van der Waals surface area contributed by atoms with E-state index in [4.69, 9.17) is 16.0 Å². The molecule has 0 spiro atoms. The highest BCUT2D eigenvalue weighted by molar-refractivity contribution is 7.21. The first-order chi connectivity index (χ1) is 13.6. The molecule has 142 valence electrons. The zero-order valence-electron chi connectivity index (χ0n) is 14.4. The molecule has 3 aromatic heterocycles. The number of nitrogens with zero attached hydrogens (tertiary/aromatic N) is 1. The third-order valence-electron chi connectivity index (χ3n) is 3.90. The molecule has 2 amide bonds. The number of thiophene rings is 2. The zero-order valence-corrected chi connectivity index (χ0v) is 16.8. The van der Waals surface area contributed by atoms with Crippen LogP contribution in [0.2, 0.25) is 5.02 Å². The maximum absolute atomic E-state index is 12.4. The van der Waals surface area contributed by atoms with Crippen molar-refractivity contribution in [3.8, 4) is 10.8 Å². The fourth-order valence-electron chi connectivity index (χ4n) is 2.55. The van der Waals surface area contributed by atoms with Gasteiger partial charge in [-0.3, -0.25) is 9.59 Å². The minimum Gasteiger partial charge on any atom is -0.443 e. The normalized spacial score (nSPS) is 10.9. The molecular formula is C19H14ClN3O3S2. The van der Waals surface area contributed by atoms with Crippen LogP contribution in [-0.2, 0) is 11.3 Å². The summed E-state index contributed by atoms with van der Waals surface area (Å²) in [6.07, 6.45) is 1.50. The summed E-state index contributed by atoms with van der Waals surface area (Å²) in [6, 6.07) is 11.3. The Morgan fingerprint density at radius 2 is 2.00 bits per heavy atom. The SMILES string of the molecule is O=C(CNC(=O)c1sc2ccccc2c1Cl)NCc1coc(-c2cccs2)n1. The van der Waals surface area contributed by atoms with Crippen molar-refractivity contribution in [1.82, 2.24) is 15.6 Å². The predicted octanol–water partition coefficient (Wildman–Crippen LogP) is 4.32. The second kappa shape index (κ2) is 8.14. The number of hydrogen-bond acceptors (Lipinski definition) is 6. The van der Waals surface area contributed by atoms with Gasteiger partial charge in [-0.1, -0.05) is 35.9 Å². The average molecular weight is 432 g/mol. The minimum atomic E-state index is -0.372. The number of carbonyl (C=O) groups is 2. The number of amides is 2. The quantitative estimate of drug-likeness (QED) is 0.476. The maximum atomic E-state index is 12.4. The summed E-state index contributed by atoms with van der Waals surface area (Å²) in [7, 11) is 0. The van der Waals surface area contributed by atoms with E-state index < -0.39 is 0 Å². The molecule has 3 heterocycles. The number of aromatic nitrogens is 1. The Morgan fingerprint density at radius 3 is 2.79 bits per heavy atom. The van der Waals surface area contributed by atoms with Crippen molar-refractivity contribution in [2.24, 2.45) is 0 Å². The van der Waals surface area contributed by atoms with Crippen LogP contribution in [0.25, 0.3) is 20.9 Å². The molecule has 0 saturated heterocycles. The zero-order chi connectivity index (χ0) is 19.5. The number of oxazole rings is 1. The summed E-state index contributed by atoms with van der Waals surface area (Å²) in [4.78, 5) is 30.0. The molecule has 0 aliphatic rings. The van der Waals surface area contributed by atoms with Gasteiger partial charge in [0, 0.05) is 10.1 Å². The van der Waals surface area contributed by atoms with E-state index in [1.807, 2.05) is 41.8 Å². The van der Waals surface area contributed by atoms with Crippen LogP contribution in [0, 0.1) is 0 Å². The standard InChI is InChI=1S/C19H14ClN3O3S2/c20-16-12-4-1-2-5-13(12)28-17(16)18(25)22-9-15(24)21-8-11-10-26-19(23-11)14-6-3-7-27-14/h1-7,10H,8-9H2,(H,21,24)(H,22,25). The second-order valence-corrected chi connectivity index (χ2v) is 8.20. The average Bonchev–Trinajstić information content (AvgIpc) is 3.45. The molecule has 28 heavy (non-hydrogen) atoms. The molecule has 6 nitrogen and oxygen atoms in total. The number of carbonyl (C=O) groups excluding carboxylic acids is 2. The highest BCUT2D eigenvalue weighted by Crippen LogP contribution is 2.34. The van der Waals surface area contributed by atoms with Crippen molar-refractivity contribution < 1.29 is 14.0 Å². The summed E-state index contributed by atoms with van der Waals surface area (Å²) in [6.45, 7) is 0.0618. The van der Waals surface area contributed by atoms with Crippen LogP contribution in [-0.4, -0.2) is 23.3 Å². The second-order valence-electron chi connectivity index (χ2n) is 5.82. The summed E-state index contributed by atoms with van der Waals surface area (Å²) >= 11 is 9.11. The third-order valence-corrected chi connectivity index (χ3v) is 6.43. The van der Waals surface area contributed by atoms with Gasteiger partial charge < -0.3 is 15.1 Å². The lowest BCUT2D eigenvalue weighted by Gasteiger charge is -2.05. The minimum absolute atomic E-state index is 0.154. The van der Waals surface area contributed by atoms with Crippen LogP contribution >= 0.6 is 34.3 Å². The molecule has 1 aromatic carbocycles. The Bertz CT molecular complexity index is 1130. The van der Waals surface area contributed by atoms with Gasteiger partial charge in [-0.25, -0.2) is 4.98 Å². The lowest BCUT2D eigenvalue weighted by Crippen LogP contribution is -2.36. The van der Waals surface area contributed by atoms with Gasteiger partial charge in [-0.05, 0) is 17.5 Å². The van der Waals surface area contributed by atoms with E-state index in [-0.39, 0.29) is 24.9 Å². The number of hydrogen-bond donors (Lipinski definition) is 2. The molecule has 2 N–H and O–H groups in total. The van der Waals surface area contributed by atoms with Crippen LogP contribution in [0.15, 0.2) is 52.5 Å². The van der Waals surface area contributed by atoms with E-state index in [1.54, 1.807) is 0 Å². The van der Waals surface area contributed by atoms with Crippen molar-refractivity contribution >= 4 is 56.2 Å². The van der Waals surface area contributed by atoms with Crippen LogP contribution < -0.4 is 10.6 Å². The number of rotatable bonds is 6. The van der Waals surface area contributed by atoms with E-state index >= 15 is 0 Å². The topological polar surface area (TPSA) is 84.2 Å². The monoisotopic (exact) mass is 431 g/mol. The van der Waals surface area contributed by atoms with Crippen LogP contribution in [0.4, 0.5) is 0 Å². The van der Waals surface area contributed by atoms with Crippen LogP contribution in [0.3, 0.4) is 0 Å². The molecular weight excluding hydrogens is 418 g/mol. The van der Waals surface area contributed by atoms with Crippen LogP contribution in [0.1, 0.15) is 15.4 Å². The van der Waals surface area contributed by atoms with Gasteiger partial charge in [0.1, 0.15) is 11.1 Å². The van der Waals surface area contributed by atoms with E-state index in [9.17, 15) is 9.59 Å². The third kappa shape index (κ3) is 3.94. The maximum Gasteiger partial charge on any atom is 0.263 e. The molecule has 0 unspecified atom stereocenters. The summed E-state index contributed by atoms with van der Waals surface area (Å²) in [5, 5.41) is 8.47. The summed E-state index contributed by atoms with van der Waals surface area (Å²) in [5.74, 6) is -0.180. The van der Waals surface area contributed by atoms with Gasteiger partial charge in [0.05, 0.1) is 28.7 Å². The van der Waals surface area contributed by atoms with E-state index in [0.29, 0.717) is 21.5 Å². The van der Waals surface area contributed by atoms with Gasteiger partial charge in [0.25, 0.3) is 5.91 Å². The van der Waals surface area contributed by atoms with E-state index in [0.717, 1.165) is 15.0 Å². The Balaban J connectivity index is 1.30. The molecule has 0 atom stereocenters. The van der Waals surface area contributed by atoms with Crippen molar-refractivity contribution in [3.05, 3.63) is 63.6 Å². The summed E-state index contributed by atoms with van der Waals surface area (Å²) in [5.41, 5.74) is 0.607. The first-order valence-corrected chi connectivity index (χ1v) is 10.4. The van der Waals surface area contributed by atoms with E-state index in [1.165, 1.54) is 28.9 Å². The number of fused-ring (bicyclic) bond motifs is 1. The highest BCUT2D eigenvalue weighted by atomic mass is 35.5. The first-order valence-electron chi connectivity index (χ1n) is 8.32. The Hall–Kier alpha value is -2.68. The Kier molecular flexibility index (Phi) is 5.43. The molecule has 4 aromatic rings. The van der Waals surface area contributed by atoms with Gasteiger partial charge in [-0.2, -0.15) is 0 Å².